The first-order valence-electron chi connectivity index (χ1n) is 6.27. The Hall–Kier alpha value is -2.35. The molecule has 0 aliphatic carbocycles. The smallest absolute Gasteiger partial charge is 0.269 e. The second-order valence-electron chi connectivity index (χ2n) is 4.47. The van der Waals surface area contributed by atoms with Gasteiger partial charge in [0.1, 0.15) is 11.6 Å². The van der Waals surface area contributed by atoms with Crippen LogP contribution in [0.15, 0.2) is 29.5 Å². The van der Waals surface area contributed by atoms with E-state index in [0.717, 1.165) is 24.4 Å². The van der Waals surface area contributed by atoms with Crippen LogP contribution in [0.5, 0.6) is 0 Å². The van der Waals surface area contributed by atoms with Crippen LogP contribution in [0.25, 0.3) is 0 Å². The number of aryl methyl sites for hydroxylation is 2. The van der Waals surface area contributed by atoms with Crippen LogP contribution in [0.4, 0.5) is 0 Å². The molecule has 5 nitrogen and oxygen atoms in total. The van der Waals surface area contributed by atoms with Crippen LogP contribution >= 0.6 is 0 Å². The van der Waals surface area contributed by atoms with Crippen LogP contribution in [0.3, 0.4) is 0 Å². The van der Waals surface area contributed by atoms with Crippen molar-refractivity contribution < 1.29 is 0 Å². The number of rotatable bonds is 4. The maximum absolute atomic E-state index is 12.1. The van der Waals surface area contributed by atoms with E-state index in [0.29, 0.717) is 6.54 Å². The molecule has 98 valence electrons. The summed E-state index contributed by atoms with van der Waals surface area (Å²) in [6.45, 7) is 5.28. The van der Waals surface area contributed by atoms with Gasteiger partial charge in [0.15, 0.2) is 0 Å². The summed E-state index contributed by atoms with van der Waals surface area (Å²) in [4.78, 5) is 16.2. The zero-order valence-electron chi connectivity index (χ0n) is 11.1. The molecule has 0 aliphatic rings. The molecule has 2 aromatic rings. The number of imidazole rings is 1. The molecule has 0 radical (unpaired) electrons. The summed E-state index contributed by atoms with van der Waals surface area (Å²) in [5, 5.41) is 8.92. The Bertz CT molecular complexity index is 675. The van der Waals surface area contributed by atoms with Gasteiger partial charge in [-0.2, -0.15) is 5.26 Å². The van der Waals surface area contributed by atoms with Crippen LogP contribution in [0, 0.1) is 18.3 Å². The summed E-state index contributed by atoms with van der Waals surface area (Å²) in [7, 11) is 0. The van der Waals surface area contributed by atoms with Crippen LogP contribution in [0.2, 0.25) is 0 Å². The minimum absolute atomic E-state index is 0.173. The largest absolute Gasteiger partial charge is 0.333 e. The van der Waals surface area contributed by atoms with E-state index in [1.807, 2.05) is 17.6 Å². The molecule has 0 amide bonds. The molecule has 0 unspecified atom stereocenters. The maximum atomic E-state index is 12.1. The highest BCUT2D eigenvalue weighted by atomic mass is 16.1. The summed E-state index contributed by atoms with van der Waals surface area (Å²) < 4.78 is 3.65. The van der Waals surface area contributed by atoms with Gasteiger partial charge in [0, 0.05) is 18.4 Å². The third kappa shape index (κ3) is 2.58. The monoisotopic (exact) mass is 256 g/mol. The molecule has 2 aromatic heterocycles. The van der Waals surface area contributed by atoms with E-state index in [9.17, 15) is 4.79 Å². The van der Waals surface area contributed by atoms with Gasteiger partial charge in [0.25, 0.3) is 5.56 Å². The lowest BCUT2D eigenvalue weighted by molar-refractivity contribution is 0.610. The summed E-state index contributed by atoms with van der Waals surface area (Å²) >= 11 is 0. The highest BCUT2D eigenvalue weighted by Gasteiger charge is 2.09. The van der Waals surface area contributed by atoms with E-state index < -0.39 is 0 Å². The molecule has 5 heteroatoms. The fourth-order valence-electron chi connectivity index (χ4n) is 2.04. The number of nitriles is 1. The summed E-state index contributed by atoms with van der Waals surface area (Å²) in [5.74, 6) is 0. The van der Waals surface area contributed by atoms with Crippen molar-refractivity contribution in [1.29, 1.82) is 5.26 Å². The minimum Gasteiger partial charge on any atom is -0.333 e. The molecule has 19 heavy (non-hydrogen) atoms. The number of pyridine rings is 1. The highest BCUT2D eigenvalue weighted by molar-refractivity contribution is 5.27. The lowest BCUT2D eigenvalue weighted by Crippen LogP contribution is -2.25. The third-order valence-corrected chi connectivity index (χ3v) is 3.10. The van der Waals surface area contributed by atoms with Crippen molar-refractivity contribution in [3.8, 4) is 6.07 Å². The normalized spacial score (nSPS) is 10.4. The Labute approximate surface area is 111 Å². The average molecular weight is 256 g/mol. The van der Waals surface area contributed by atoms with Gasteiger partial charge in [-0.3, -0.25) is 4.79 Å². The van der Waals surface area contributed by atoms with Gasteiger partial charge in [0.05, 0.1) is 18.6 Å². The van der Waals surface area contributed by atoms with E-state index in [1.165, 1.54) is 0 Å². The third-order valence-electron chi connectivity index (χ3n) is 3.10. The average Bonchev–Trinajstić information content (AvgIpc) is 2.82. The Balaban J connectivity index is 2.41. The Morgan fingerprint density at radius 1 is 1.42 bits per heavy atom. The van der Waals surface area contributed by atoms with Crippen LogP contribution in [-0.2, 0) is 13.1 Å². The molecular weight excluding hydrogens is 240 g/mol. The molecule has 0 saturated heterocycles. The molecule has 2 heterocycles. The van der Waals surface area contributed by atoms with Gasteiger partial charge < -0.3 is 9.13 Å². The quantitative estimate of drug-likeness (QED) is 0.836. The highest BCUT2D eigenvalue weighted by Crippen LogP contribution is 2.06. The molecule has 0 atom stereocenters. The lowest BCUT2D eigenvalue weighted by Gasteiger charge is -2.12. The predicted molar refractivity (Wildman–Crippen MR) is 71.8 cm³/mol. The van der Waals surface area contributed by atoms with E-state index >= 15 is 0 Å². The topological polar surface area (TPSA) is 63.6 Å². The molecule has 0 saturated carbocycles. The second kappa shape index (κ2) is 5.53. The van der Waals surface area contributed by atoms with E-state index in [2.05, 4.69) is 11.9 Å². The van der Waals surface area contributed by atoms with Crippen molar-refractivity contribution in [2.45, 2.75) is 33.4 Å². The fraction of sp³-hybridized carbons (Fsp3) is 0.357. The van der Waals surface area contributed by atoms with Gasteiger partial charge in [-0.05, 0) is 25.5 Å². The molecule has 2 rings (SSSR count). The molecule has 0 fully saturated rings. The molecule has 0 N–H and O–H groups in total. The first-order valence-corrected chi connectivity index (χ1v) is 6.27. The zero-order valence-corrected chi connectivity index (χ0v) is 11.1. The summed E-state index contributed by atoms with van der Waals surface area (Å²) in [6, 6.07) is 5.29. The van der Waals surface area contributed by atoms with Crippen molar-refractivity contribution in [3.05, 3.63) is 52.0 Å². The second-order valence-corrected chi connectivity index (χ2v) is 4.47. The lowest BCUT2D eigenvalue weighted by atomic mass is 10.2. The van der Waals surface area contributed by atoms with Crippen molar-refractivity contribution in [2.24, 2.45) is 0 Å². The van der Waals surface area contributed by atoms with Crippen molar-refractivity contribution in [3.63, 3.8) is 0 Å². The van der Waals surface area contributed by atoms with Gasteiger partial charge in [-0.1, -0.05) is 6.92 Å². The molecule has 0 aromatic carbocycles. The van der Waals surface area contributed by atoms with Crippen molar-refractivity contribution in [1.82, 2.24) is 14.1 Å². The predicted octanol–water partition coefficient (Wildman–Crippen LogP) is 1.68. The number of hydrogen-bond donors (Lipinski definition) is 0. The van der Waals surface area contributed by atoms with E-state index in [1.54, 1.807) is 29.2 Å². The van der Waals surface area contributed by atoms with Crippen LogP contribution in [-0.4, -0.2) is 14.1 Å². The Morgan fingerprint density at radius 3 is 2.89 bits per heavy atom. The Kier molecular flexibility index (Phi) is 3.81. The summed E-state index contributed by atoms with van der Waals surface area (Å²) in [5.41, 5.74) is 1.74. The van der Waals surface area contributed by atoms with Crippen LogP contribution in [0.1, 0.15) is 30.3 Å². The van der Waals surface area contributed by atoms with E-state index in [4.69, 9.17) is 5.26 Å². The first kappa shape index (κ1) is 13.1. The standard InChI is InChI=1S/C14H16N4O/c1-3-6-17-10-16-8-13(17)9-18-11(2)4-5-12(7-15)14(18)19/h4-5,8,10H,3,6,9H2,1-2H3. The van der Waals surface area contributed by atoms with Gasteiger partial charge in [-0.25, -0.2) is 4.98 Å². The van der Waals surface area contributed by atoms with Gasteiger partial charge in [-0.15, -0.1) is 0 Å². The van der Waals surface area contributed by atoms with Gasteiger partial charge in [0.2, 0.25) is 0 Å². The zero-order chi connectivity index (χ0) is 13.8. The number of aromatic nitrogens is 3. The minimum atomic E-state index is -0.244. The molecular formula is C14H16N4O. The molecule has 0 spiro atoms. The van der Waals surface area contributed by atoms with Crippen molar-refractivity contribution >= 4 is 0 Å². The van der Waals surface area contributed by atoms with E-state index in [-0.39, 0.29) is 11.1 Å². The van der Waals surface area contributed by atoms with Gasteiger partial charge >= 0.3 is 0 Å². The van der Waals surface area contributed by atoms with Crippen LogP contribution < -0.4 is 5.56 Å². The Morgan fingerprint density at radius 2 is 2.21 bits per heavy atom. The SMILES string of the molecule is CCCn1cncc1Cn1c(C)ccc(C#N)c1=O. The number of nitrogens with zero attached hydrogens (tertiary/aromatic N) is 4. The van der Waals surface area contributed by atoms with Crippen molar-refractivity contribution in [2.75, 3.05) is 0 Å². The first-order chi connectivity index (χ1) is 9.17. The summed E-state index contributed by atoms with van der Waals surface area (Å²) in [6.07, 6.45) is 4.55. The molecule has 0 bridgehead atoms. The number of hydrogen-bond acceptors (Lipinski definition) is 3. The maximum Gasteiger partial charge on any atom is 0.269 e. The fourth-order valence-corrected chi connectivity index (χ4v) is 2.04. The molecule has 0 aliphatic heterocycles.